The fourth-order valence-electron chi connectivity index (χ4n) is 1.76. The molecule has 0 aliphatic rings. The maximum absolute atomic E-state index is 8.70. The van der Waals surface area contributed by atoms with E-state index in [-0.39, 0.29) is 6.04 Å². The van der Waals surface area contributed by atoms with Crippen LogP contribution in [-0.2, 0) is 6.42 Å². The van der Waals surface area contributed by atoms with Crippen LogP contribution < -0.4 is 19.5 Å². The standard InChI is InChI=1S/C14H20N2O3/c1-10(9-15)16-6-5-11-7-12(17-2)14(19-4)13(8-11)18-3/h7-8,10,16H,5-6H2,1-4H3. The Morgan fingerprint density at radius 3 is 2.16 bits per heavy atom. The molecule has 1 rings (SSSR count). The third-order valence-electron chi connectivity index (χ3n) is 2.78. The molecule has 104 valence electrons. The number of hydrogen-bond donors (Lipinski definition) is 1. The van der Waals surface area contributed by atoms with Gasteiger partial charge < -0.3 is 19.5 Å². The Bertz CT molecular complexity index is 429. The lowest BCUT2D eigenvalue weighted by molar-refractivity contribution is 0.323. The van der Waals surface area contributed by atoms with Gasteiger partial charge in [-0.1, -0.05) is 0 Å². The van der Waals surface area contributed by atoms with Gasteiger partial charge in [0.05, 0.1) is 33.4 Å². The Hall–Kier alpha value is -1.93. The first-order valence-electron chi connectivity index (χ1n) is 6.08. The Morgan fingerprint density at radius 2 is 1.74 bits per heavy atom. The van der Waals surface area contributed by atoms with Crippen LogP contribution in [0.25, 0.3) is 0 Å². The Labute approximate surface area is 114 Å². The molecule has 19 heavy (non-hydrogen) atoms. The van der Waals surface area contributed by atoms with E-state index in [1.807, 2.05) is 19.1 Å². The lowest BCUT2D eigenvalue weighted by Crippen LogP contribution is -2.26. The quantitative estimate of drug-likeness (QED) is 0.813. The normalized spacial score (nSPS) is 11.5. The molecule has 1 atom stereocenters. The molecular weight excluding hydrogens is 244 g/mol. The molecule has 0 aromatic heterocycles. The van der Waals surface area contributed by atoms with Gasteiger partial charge >= 0.3 is 0 Å². The molecule has 1 aromatic carbocycles. The molecule has 5 heteroatoms. The first-order chi connectivity index (χ1) is 9.15. The zero-order chi connectivity index (χ0) is 14.3. The van der Waals surface area contributed by atoms with E-state index in [2.05, 4.69) is 11.4 Å². The smallest absolute Gasteiger partial charge is 0.203 e. The second kappa shape index (κ2) is 7.49. The summed E-state index contributed by atoms with van der Waals surface area (Å²) in [5.74, 6) is 1.88. The summed E-state index contributed by atoms with van der Waals surface area (Å²) in [7, 11) is 4.77. The Morgan fingerprint density at radius 1 is 1.16 bits per heavy atom. The number of methoxy groups -OCH3 is 3. The fraction of sp³-hybridized carbons (Fsp3) is 0.500. The predicted molar refractivity (Wildman–Crippen MR) is 72.9 cm³/mol. The van der Waals surface area contributed by atoms with Crippen molar-refractivity contribution in [2.24, 2.45) is 0 Å². The van der Waals surface area contributed by atoms with E-state index >= 15 is 0 Å². The minimum absolute atomic E-state index is 0.151. The summed E-state index contributed by atoms with van der Waals surface area (Å²) in [6.45, 7) is 2.54. The van der Waals surface area contributed by atoms with Gasteiger partial charge in [-0.05, 0) is 31.0 Å². The number of benzene rings is 1. The van der Waals surface area contributed by atoms with Gasteiger partial charge in [0.25, 0.3) is 0 Å². The van der Waals surface area contributed by atoms with Crippen LogP contribution in [0, 0.1) is 11.3 Å². The van der Waals surface area contributed by atoms with Crippen molar-refractivity contribution in [3.05, 3.63) is 17.7 Å². The summed E-state index contributed by atoms with van der Waals surface area (Å²) < 4.78 is 15.8. The molecule has 0 saturated heterocycles. The highest BCUT2D eigenvalue weighted by atomic mass is 16.5. The van der Waals surface area contributed by atoms with Crippen LogP contribution in [0.4, 0.5) is 0 Å². The number of nitrogens with zero attached hydrogens (tertiary/aromatic N) is 1. The molecule has 0 fully saturated rings. The van der Waals surface area contributed by atoms with Crippen LogP contribution in [0.3, 0.4) is 0 Å². The molecular formula is C14H20N2O3. The lowest BCUT2D eigenvalue weighted by Gasteiger charge is -2.14. The summed E-state index contributed by atoms with van der Waals surface area (Å²) in [6, 6.07) is 5.82. The molecule has 0 bridgehead atoms. The molecule has 1 N–H and O–H groups in total. The molecule has 1 aromatic rings. The highest BCUT2D eigenvalue weighted by Gasteiger charge is 2.12. The Balaban J connectivity index is 2.82. The predicted octanol–water partition coefficient (Wildman–Crippen LogP) is 1.76. The van der Waals surface area contributed by atoms with Gasteiger partial charge in [0, 0.05) is 6.54 Å². The zero-order valence-electron chi connectivity index (χ0n) is 11.8. The summed E-state index contributed by atoms with van der Waals surface area (Å²) in [5.41, 5.74) is 1.06. The number of ether oxygens (including phenoxy) is 3. The van der Waals surface area contributed by atoms with E-state index in [1.54, 1.807) is 21.3 Å². The largest absolute Gasteiger partial charge is 0.493 e. The van der Waals surface area contributed by atoms with Crippen LogP contribution in [0.2, 0.25) is 0 Å². The van der Waals surface area contributed by atoms with E-state index < -0.39 is 0 Å². The zero-order valence-corrected chi connectivity index (χ0v) is 11.8. The third-order valence-corrected chi connectivity index (χ3v) is 2.78. The minimum atomic E-state index is -0.151. The van der Waals surface area contributed by atoms with Gasteiger partial charge in [-0.15, -0.1) is 0 Å². The monoisotopic (exact) mass is 264 g/mol. The van der Waals surface area contributed by atoms with Crippen LogP contribution in [0.5, 0.6) is 17.2 Å². The van der Waals surface area contributed by atoms with Crippen molar-refractivity contribution >= 4 is 0 Å². The van der Waals surface area contributed by atoms with Gasteiger partial charge in [0.15, 0.2) is 11.5 Å². The van der Waals surface area contributed by atoms with Gasteiger partial charge in [-0.2, -0.15) is 5.26 Å². The molecule has 0 spiro atoms. The van der Waals surface area contributed by atoms with Crippen LogP contribution in [0.1, 0.15) is 12.5 Å². The van der Waals surface area contributed by atoms with Gasteiger partial charge in [-0.25, -0.2) is 0 Å². The van der Waals surface area contributed by atoms with Crippen molar-refractivity contribution in [1.29, 1.82) is 5.26 Å². The first kappa shape index (κ1) is 15.1. The SMILES string of the molecule is COc1cc(CCNC(C)C#N)cc(OC)c1OC. The maximum atomic E-state index is 8.70. The van der Waals surface area contributed by atoms with E-state index in [0.29, 0.717) is 23.8 Å². The van der Waals surface area contributed by atoms with Crippen molar-refractivity contribution in [3.8, 4) is 23.3 Å². The second-order valence-electron chi connectivity index (χ2n) is 4.09. The molecule has 0 radical (unpaired) electrons. The van der Waals surface area contributed by atoms with Crippen molar-refractivity contribution < 1.29 is 14.2 Å². The molecule has 0 heterocycles. The molecule has 1 unspecified atom stereocenters. The highest BCUT2D eigenvalue weighted by molar-refractivity contribution is 5.53. The molecule has 0 amide bonds. The van der Waals surface area contributed by atoms with E-state index in [4.69, 9.17) is 19.5 Å². The topological polar surface area (TPSA) is 63.5 Å². The summed E-state index contributed by atoms with van der Waals surface area (Å²) >= 11 is 0. The van der Waals surface area contributed by atoms with Crippen molar-refractivity contribution in [3.63, 3.8) is 0 Å². The average molecular weight is 264 g/mol. The average Bonchev–Trinajstić information content (AvgIpc) is 2.45. The molecule has 5 nitrogen and oxygen atoms in total. The van der Waals surface area contributed by atoms with Gasteiger partial charge in [-0.3, -0.25) is 0 Å². The number of nitriles is 1. The molecule has 0 saturated carbocycles. The van der Waals surface area contributed by atoms with Crippen LogP contribution >= 0.6 is 0 Å². The molecule has 0 aliphatic carbocycles. The van der Waals surface area contributed by atoms with Crippen molar-refractivity contribution in [2.45, 2.75) is 19.4 Å². The van der Waals surface area contributed by atoms with Crippen molar-refractivity contribution in [1.82, 2.24) is 5.32 Å². The van der Waals surface area contributed by atoms with E-state index in [0.717, 1.165) is 12.0 Å². The van der Waals surface area contributed by atoms with Crippen LogP contribution in [0.15, 0.2) is 12.1 Å². The first-order valence-corrected chi connectivity index (χ1v) is 6.08. The molecule has 0 aliphatic heterocycles. The fourth-order valence-corrected chi connectivity index (χ4v) is 1.76. The number of nitrogens with one attached hydrogen (secondary N) is 1. The highest BCUT2D eigenvalue weighted by Crippen LogP contribution is 2.38. The third kappa shape index (κ3) is 4.04. The summed E-state index contributed by atoms with van der Waals surface area (Å²) in [5, 5.41) is 11.8. The van der Waals surface area contributed by atoms with Gasteiger partial charge in [0.1, 0.15) is 0 Å². The van der Waals surface area contributed by atoms with E-state index in [1.165, 1.54) is 0 Å². The van der Waals surface area contributed by atoms with Crippen molar-refractivity contribution in [2.75, 3.05) is 27.9 Å². The maximum Gasteiger partial charge on any atom is 0.203 e. The summed E-state index contributed by atoms with van der Waals surface area (Å²) in [4.78, 5) is 0. The van der Waals surface area contributed by atoms with E-state index in [9.17, 15) is 0 Å². The lowest BCUT2D eigenvalue weighted by atomic mass is 10.1. The second-order valence-corrected chi connectivity index (χ2v) is 4.09. The Kier molecular flexibility index (Phi) is 5.97. The van der Waals surface area contributed by atoms with Crippen LogP contribution in [-0.4, -0.2) is 33.9 Å². The number of rotatable bonds is 7. The number of hydrogen-bond acceptors (Lipinski definition) is 5. The summed E-state index contributed by atoms with van der Waals surface area (Å²) in [6.07, 6.45) is 0.780. The minimum Gasteiger partial charge on any atom is -0.493 e. The van der Waals surface area contributed by atoms with Gasteiger partial charge in [0.2, 0.25) is 5.75 Å².